The van der Waals surface area contributed by atoms with Gasteiger partial charge in [0.15, 0.2) is 0 Å². The van der Waals surface area contributed by atoms with Crippen LogP contribution in [-0.4, -0.2) is 30.3 Å². The van der Waals surface area contributed by atoms with Gasteiger partial charge >= 0.3 is 0 Å². The summed E-state index contributed by atoms with van der Waals surface area (Å²) in [5, 5.41) is 0.681. The number of rotatable bonds is 5. The van der Waals surface area contributed by atoms with Gasteiger partial charge in [-0.05, 0) is 31.5 Å². The maximum absolute atomic E-state index is 12.8. The van der Waals surface area contributed by atoms with Crippen molar-refractivity contribution in [3.05, 3.63) is 24.4 Å². The van der Waals surface area contributed by atoms with Crippen molar-refractivity contribution in [2.75, 3.05) is 12.3 Å². The topological polar surface area (TPSA) is 79.2 Å². The highest BCUT2D eigenvalue weighted by atomic mass is 32.2. The van der Waals surface area contributed by atoms with Gasteiger partial charge in [-0.25, -0.2) is 8.42 Å². The lowest BCUT2D eigenvalue weighted by molar-refractivity contribution is 0.343. The van der Waals surface area contributed by atoms with Crippen molar-refractivity contribution in [1.29, 1.82) is 0 Å². The highest BCUT2D eigenvalue weighted by molar-refractivity contribution is 7.89. The van der Waals surface area contributed by atoms with Crippen molar-refractivity contribution in [2.24, 2.45) is 0 Å². The van der Waals surface area contributed by atoms with Crippen LogP contribution in [0.5, 0.6) is 0 Å². The summed E-state index contributed by atoms with van der Waals surface area (Å²) in [5.41, 5.74) is 7.07. The third kappa shape index (κ3) is 2.41. The molecule has 0 aliphatic carbocycles. The van der Waals surface area contributed by atoms with Crippen LogP contribution in [0.15, 0.2) is 29.3 Å². The van der Waals surface area contributed by atoms with Crippen LogP contribution in [0.4, 0.5) is 5.69 Å². The van der Waals surface area contributed by atoms with Gasteiger partial charge in [0.25, 0.3) is 0 Å². The fourth-order valence-electron chi connectivity index (χ4n) is 2.38. The predicted molar refractivity (Wildman–Crippen MR) is 82.0 cm³/mol. The van der Waals surface area contributed by atoms with E-state index in [-0.39, 0.29) is 6.04 Å². The zero-order chi connectivity index (χ0) is 14.9. The molecule has 0 aliphatic rings. The van der Waals surface area contributed by atoms with Gasteiger partial charge in [0.1, 0.15) is 4.90 Å². The first kappa shape index (κ1) is 14.9. The van der Waals surface area contributed by atoms with Crippen molar-refractivity contribution in [2.45, 2.75) is 38.1 Å². The summed E-state index contributed by atoms with van der Waals surface area (Å²) >= 11 is 0. The Kier molecular flexibility index (Phi) is 4.06. The van der Waals surface area contributed by atoms with Crippen LogP contribution in [-0.2, 0) is 10.0 Å². The van der Waals surface area contributed by atoms with Crippen LogP contribution in [0, 0.1) is 0 Å². The molecule has 0 aliphatic heterocycles. The molecule has 5 nitrogen and oxygen atoms in total. The first-order chi connectivity index (χ1) is 9.41. The summed E-state index contributed by atoms with van der Waals surface area (Å²) < 4.78 is 27.1. The zero-order valence-corrected chi connectivity index (χ0v) is 12.9. The van der Waals surface area contributed by atoms with E-state index in [4.69, 9.17) is 5.73 Å². The molecule has 0 saturated carbocycles. The molecule has 0 fully saturated rings. The molecule has 1 heterocycles. The van der Waals surface area contributed by atoms with Gasteiger partial charge in [0, 0.05) is 35.4 Å². The summed E-state index contributed by atoms with van der Waals surface area (Å²) in [6.07, 6.45) is 2.33. The van der Waals surface area contributed by atoms with E-state index in [9.17, 15) is 8.42 Å². The second-order valence-corrected chi connectivity index (χ2v) is 6.78. The van der Waals surface area contributed by atoms with Crippen molar-refractivity contribution in [3.8, 4) is 0 Å². The van der Waals surface area contributed by atoms with E-state index in [0.717, 1.165) is 11.9 Å². The zero-order valence-electron chi connectivity index (χ0n) is 12.1. The lowest BCUT2D eigenvalue weighted by Gasteiger charge is -2.25. The Bertz CT molecular complexity index is 706. The highest BCUT2D eigenvalue weighted by Crippen LogP contribution is 2.28. The molecule has 0 amide bonds. The Hall–Kier alpha value is -1.53. The number of benzene rings is 1. The molecular weight excluding hydrogens is 274 g/mol. The number of fused-ring (bicyclic) bond motifs is 1. The third-order valence-corrected chi connectivity index (χ3v) is 5.78. The second kappa shape index (κ2) is 5.46. The highest BCUT2D eigenvalue weighted by Gasteiger charge is 2.29. The molecule has 1 unspecified atom stereocenters. The fourth-order valence-corrected chi connectivity index (χ4v) is 4.26. The molecule has 6 heteroatoms. The minimum atomic E-state index is -3.50. The number of hydrogen-bond donors (Lipinski definition) is 2. The Morgan fingerprint density at radius 2 is 2.05 bits per heavy atom. The minimum Gasteiger partial charge on any atom is -0.399 e. The van der Waals surface area contributed by atoms with Crippen molar-refractivity contribution in [1.82, 2.24) is 9.29 Å². The molecule has 2 rings (SSSR count). The fraction of sp³-hybridized carbons (Fsp3) is 0.429. The molecule has 110 valence electrons. The SMILES string of the molecule is CCC(C)N(CC)S(=O)(=O)c1c[nH]c2cc(N)ccc12. The van der Waals surface area contributed by atoms with Crippen LogP contribution in [0.2, 0.25) is 0 Å². The molecule has 0 radical (unpaired) electrons. The van der Waals surface area contributed by atoms with Crippen LogP contribution >= 0.6 is 0 Å². The number of nitrogens with two attached hydrogens (primary N) is 1. The van der Waals surface area contributed by atoms with E-state index in [2.05, 4.69) is 4.98 Å². The lowest BCUT2D eigenvalue weighted by Crippen LogP contribution is -2.37. The largest absolute Gasteiger partial charge is 0.399 e. The number of anilines is 1. The van der Waals surface area contributed by atoms with Crippen molar-refractivity contribution >= 4 is 26.6 Å². The molecular formula is C14H21N3O2S. The number of aromatic amines is 1. The van der Waals surface area contributed by atoms with Gasteiger partial charge in [0.05, 0.1) is 0 Å². The average Bonchev–Trinajstić information content (AvgIpc) is 2.82. The number of nitrogens with one attached hydrogen (secondary N) is 1. The van der Waals surface area contributed by atoms with Gasteiger partial charge in [-0.3, -0.25) is 0 Å². The Morgan fingerprint density at radius 1 is 1.35 bits per heavy atom. The van der Waals surface area contributed by atoms with Gasteiger partial charge in [-0.1, -0.05) is 13.8 Å². The number of H-pyrrole nitrogens is 1. The summed E-state index contributed by atoms with van der Waals surface area (Å²) in [6.45, 7) is 6.22. The second-order valence-electron chi connectivity index (χ2n) is 4.92. The standard InChI is InChI=1S/C14H21N3O2S/c1-4-10(3)17(5-2)20(18,19)14-9-16-13-8-11(15)6-7-12(13)14/h6-10,16H,4-5,15H2,1-3H3. The molecule has 1 aromatic carbocycles. The molecule has 0 saturated heterocycles. The molecule has 0 spiro atoms. The van der Waals surface area contributed by atoms with Gasteiger partial charge < -0.3 is 10.7 Å². The third-order valence-electron chi connectivity index (χ3n) is 3.65. The predicted octanol–water partition coefficient (Wildman–Crippen LogP) is 2.56. The van der Waals surface area contributed by atoms with Crippen molar-refractivity contribution in [3.63, 3.8) is 0 Å². The molecule has 1 atom stereocenters. The number of aromatic nitrogens is 1. The monoisotopic (exact) mass is 295 g/mol. The van der Waals surface area contributed by atoms with Gasteiger partial charge in [-0.2, -0.15) is 4.31 Å². The lowest BCUT2D eigenvalue weighted by atomic mass is 10.2. The van der Waals surface area contributed by atoms with Crippen LogP contribution in [0.25, 0.3) is 10.9 Å². The van der Waals surface area contributed by atoms with E-state index < -0.39 is 10.0 Å². The Labute approximate surface area is 119 Å². The maximum atomic E-state index is 12.8. The quantitative estimate of drug-likeness (QED) is 0.832. The Morgan fingerprint density at radius 3 is 2.65 bits per heavy atom. The molecule has 2 aromatic rings. The maximum Gasteiger partial charge on any atom is 0.245 e. The van der Waals surface area contributed by atoms with Gasteiger partial charge in [-0.15, -0.1) is 0 Å². The summed E-state index contributed by atoms with van der Waals surface area (Å²) in [5.74, 6) is 0. The first-order valence-corrected chi connectivity index (χ1v) is 8.24. The van der Waals surface area contributed by atoms with E-state index in [1.165, 1.54) is 4.31 Å². The number of sulfonamides is 1. The van der Waals surface area contributed by atoms with Crippen LogP contribution in [0.1, 0.15) is 27.2 Å². The average molecular weight is 295 g/mol. The first-order valence-electron chi connectivity index (χ1n) is 6.80. The van der Waals surface area contributed by atoms with Crippen molar-refractivity contribution < 1.29 is 8.42 Å². The van der Waals surface area contributed by atoms with E-state index in [0.29, 0.717) is 22.5 Å². The summed E-state index contributed by atoms with van der Waals surface area (Å²) in [7, 11) is -3.50. The molecule has 3 N–H and O–H groups in total. The molecule has 0 bridgehead atoms. The summed E-state index contributed by atoms with van der Waals surface area (Å²) in [4.78, 5) is 3.30. The summed E-state index contributed by atoms with van der Waals surface area (Å²) in [6, 6.07) is 5.19. The molecule has 1 aromatic heterocycles. The molecule has 20 heavy (non-hydrogen) atoms. The number of nitrogen functional groups attached to an aromatic ring is 1. The van der Waals surface area contributed by atoms with E-state index >= 15 is 0 Å². The number of nitrogens with zero attached hydrogens (tertiary/aromatic N) is 1. The van der Waals surface area contributed by atoms with E-state index in [1.54, 1.807) is 24.4 Å². The smallest absolute Gasteiger partial charge is 0.245 e. The minimum absolute atomic E-state index is 0.0243. The van der Waals surface area contributed by atoms with Crippen LogP contribution < -0.4 is 5.73 Å². The Balaban J connectivity index is 2.57. The van der Waals surface area contributed by atoms with Gasteiger partial charge in [0.2, 0.25) is 10.0 Å². The normalized spacial score (nSPS) is 14.0. The van der Waals surface area contributed by atoms with E-state index in [1.807, 2.05) is 20.8 Å². The van der Waals surface area contributed by atoms with Crippen LogP contribution in [0.3, 0.4) is 0 Å². The number of hydrogen-bond acceptors (Lipinski definition) is 3.